The highest BCUT2D eigenvalue weighted by molar-refractivity contribution is 5.72. The van der Waals surface area contributed by atoms with Gasteiger partial charge in [-0.1, -0.05) is 18.2 Å². The van der Waals surface area contributed by atoms with Gasteiger partial charge in [0.05, 0.1) is 6.61 Å². The SMILES string of the molecule is COC(CC(CO)Oc1ccccc1)C(=O)O. The lowest BCUT2D eigenvalue weighted by molar-refractivity contribution is -0.150. The molecule has 0 heterocycles. The molecule has 0 radical (unpaired) electrons. The van der Waals surface area contributed by atoms with E-state index in [0.717, 1.165) is 0 Å². The zero-order valence-corrected chi connectivity index (χ0v) is 9.57. The summed E-state index contributed by atoms with van der Waals surface area (Å²) in [5.41, 5.74) is 0. The van der Waals surface area contributed by atoms with E-state index in [1.54, 1.807) is 24.3 Å². The molecule has 0 aliphatic heterocycles. The summed E-state index contributed by atoms with van der Waals surface area (Å²) in [5.74, 6) is -0.477. The average Bonchev–Trinajstić information content (AvgIpc) is 2.35. The van der Waals surface area contributed by atoms with Crippen LogP contribution >= 0.6 is 0 Å². The second kappa shape index (κ2) is 6.88. The number of methoxy groups -OCH3 is 1. The number of aliphatic carboxylic acids is 1. The molecule has 0 amide bonds. The number of benzene rings is 1. The predicted molar refractivity (Wildman–Crippen MR) is 61.0 cm³/mol. The van der Waals surface area contributed by atoms with E-state index >= 15 is 0 Å². The van der Waals surface area contributed by atoms with E-state index < -0.39 is 18.2 Å². The molecule has 0 saturated carbocycles. The smallest absolute Gasteiger partial charge is 0.332 e. The van der Waals surface area contributed by atoms with Gasteiger partial charge in [-0.2, -0.15) is 0 Å². The number of carboxylic acids is 1. The van der Waals surface area contributed by atoms with Crippen LogP contribution in [0.3, 0.4) is 0 Å². The van der Waals surface area contributed by atoms with Gasteiger partial charge in [-0.05, 0) is 12.1 Å². The Morgan fingerprint density at radius 1 is 1.35 bits per heavy atom. The molecule has 0 aliphatic carbocycles. The summed E-state index contributed by atoms with van der Waals surface area (Å²) >= 11 is 0. The first-order chi connectivity index (χ1) is 8.17. The van der Waals surface area contributed by atoms with Crippen molar-refractivity contribution in [1.82, 2.24) is 0 Å². The zero-order chi connectivity index (χ0) is 12.7. The Hall–Kier alpha value is -1.59. The number of carbonyl (C=O) groups is 1. The summed E-state index contributed by atoms with van der Waals surface area (Å²) < 4.78 is 10.2. The van der Waals surface area contributed by atoms with Gasteiger partial charge in [0.25, 0.3) is 0 Å². The highest BCUT2D eigenvalue weighted by atomic mass is 16.5. The molecule has 2 atom stereocenters. The number of rotatable bonds is 7. The Morgan fingerprint density at radius 3 is 2.47 bits per heavy atom. The third-order valence-corrected chi connectivity index (χ3v) is 2.29. The van der Waals surface area contributed by atoms with Gasteiger partial charge in [-0.25, -0.2) is 4.79 Å². The molecule has 5 nitrogen and oxygen atoms in total. The van der Waals surface area contributed by atoms with E-state index in [1.807, 2.05) is 6.07 Å². The van der Waals surface area contributed by atoms with Gasteiger partial charge in [-0.15, -0.1) is 0 Å². The minimum absolute atomic E-state index is 0.0945. The minimum atomic E-state index is -1.07. The van der Waals surface area contributed by atoms with Gasteiger partial charge in [0.15, 0.2) is 6.10 Å². The third kappa shape index (κ3) is 4.42. The molecule has 0 saturated heterocycles. The predicted octanol–water partition coefficient (Wildman–Crippen LogP) is 0.916. The second-order valence-electron chi connectivity index (χ2n) is 3.53. The van der Waals surface area contributed by atoms with Gasteiger partial charge in [0.1, 0.15) is 11.9 Å². The number of ether oxygens (including phenoxy) is 2. The molecule has 1 aromatic rings. The molecular weight excluding hydrogens is 224 g/mol. The Labute approximate surface area is 99.6 Å². The lowest BCUT2D eigenvalue weighted by Gasteiger charge is -2.19. The summed E-state index contributed by atoms with van der Waals surface area (Å²) in [6, 6.07) is 8.93. The van der Waals surface area contributed by atoms with Crippen LogP contribution in [0.2, 0.25) is 0 Å². The van der Waals surface area contributed by atoms with Gasteiger partial charge in [-0.3, -0.25) is 0 Å². The van der Waals surface area contributed by atoms with Crippen LogP contribution in [0.15, 0.2) is 30.3 Å². The lowest BCUT2D eigenvalue weighted by atomic mass is 10.1. The van der Waals surface area contributed by atoms with Crippen molar-refractivity contribution in [3.8, 4) is 5.75 Å². The molecule has 5 heteroatoms. The molecule has 0 bridgehead atoms. The van der Waals surface area contributed by atoms with Crippen LogP contribution in [-0.2, 0) is 9.53 Å². The second-order valence-corrected chi connectivity index (χ2v) is 3.53. The molecule has 0 aromatic heterocycles. The maximum atomic E-state index is 10.8. The van der Waals surface area contributed by atoms with E-state index in [-0.39, 0.29) is 13.0 Å². The van der Waals surface area contributed by atoms with Crippen LogP contribution in [0.4, 0.5) is 0 Å². The summed E-state index contributed by atoms with van der Waals surface area (Å²) in [6.07, 6.45) is -1.48. The topological polar surface area (TPSA) is 76.0 Å². The quantitative estimate of drug-likeness (QED) is 0.741. The summed E-state index contributed by atoms with van der Waals surface area (Å²) in [4.78, 5) is 10.8. The molecule has 2 N–H and O–H groups in total. The Bertz CT molecular complexity index is 338. The first-order valence-electron chi connectivity index (χ1n) is 5.25. The van der Waals surface area contributed by atoms with Crippen molar-refractivity contribution in [2.45, 2.75) is 18.6 Å². The van der Waals surface area contributed by atoms with Crippen LogP contribution < -0.4 is 4.74 Å². The molecule has 0 spiro atoms. The van der Waals surface area contributed by atoms with E-state index in [1.165, 1.54) is 7.11 Å². The summed E-state index contributed by atoms with van der Waals surface area (Å²) in [6.45, 7) is -0.262. The van der Waals surface area contributed by atoms with Gasteiger partial charge in [0, 0.05) is 13.5 Å². The highest BCUT2D eigenvalue weighted by Crippen LogP contribution is 2.14. The normalized spacial score (nSPS) is 14.0. The Kier molecular flexibility index (Phi) is 5.45. The summed E-state index contributed by atoms with van der Waals surface area (Å²) in [7, 11) is 1.32. The maximum absolute atomic E-state index is 10.8. The monoisotopic (exact) mass is 240 g/mol. The average molecular weight is 240 g/mol. The number of aliphatic hydroxyl groups excluding tert-OH is 1. The standard InChI is InChI=1S/C12H16O5/c1-16-11(12(14)15)7-10(8-13)17-9-5-3-2-4-6-9/h2-6,10-11,13H,7-8H2,1H3,(H,14,15). The van der Waals surface area contributed by atoms with Gasteiger partial charge >= 0.3 is 5.97 Å². The molecule has 1 rings (SSSR count). The van der Waals surface area contributed by atoms with Crippen molar-refractivity contribution in [1.29, 1.82) is 0 Å². The van der Waals surface area contributed by atoms with Crippen molar-refractivity contribution < 1.29 is 24.5 Å². The van der Waals surface area contributed by atoms with Crippen molar-refractivity contribution >= 4 is 5.97 Å². The number of hydrogen-bond donors (Lipinski definition) is 2. The Balaban J connectivity index is 2.57. The van der Waals surface area contributed by atoms with Crippen LogP contribution in [0.1, 0.15) is 6.42 Å². The third-order valence-electron chi connectivity index (χ3n) is 2.29. The first kappa shape index (κ1) is 13.5. The molecule has 17 heavy (non-hydrogen) atoms. The van der Waals surface area contributed by atoms with Crippen LogP contribution in [0, 0.1) is 0 Å². The van der Waals surface area contributed by atoms with Crippen LogP contribution in [0.25, 0.3) is 0 Å². The largest absolute Gasteiger partial charge is 0.488 e. The van der Waals surface area contributed by atoms with Crippen molar-refractivity contribution in [3.63, 3.8) is 0 Å². The van der Waals surface area contributed by atoms with Gasteiger partial charge in [0.2, 0.25) is 0 Å². The van der Waals surface area contributed by atoms with Crippen molar-refractivity contribution in [2.24, 2.45) is 0 Å². The number of hydrogen-bond acceptors (Lipinski definition) is 4. The minimum Gasteiger partial charge on any atom is -0.488 e. The first-order valence-corrected chi connectivity index (χ1v) is 5.25. The van der Waals surface area contributed by atoms with Gasteiger partial charge < -0.3 is 19.7 Å². The van der Waals surface area contributed by atoms with Crippen molar-refractivity contribution in [2.75, 3.05) is 13.7 Å². The summed E-state index contributed by atoms with van der Waals surface area (Å²) in [5, 5.41) is 18.0. The van der Waals surface area contributed by atoms with E-state index in [2.05, 4.69) is 0 Å². The molecule has 1 aromatic carbocycles. The zero-order valence-electron chi connectivity index (χ0n) is 9.57. The van der Waals surface area contributed by atoms with Crippen LogP contribution in [-0.4, -0.2) is 42.1 Å². The lowest BCUT2D eigenvalue weighted by Crippen LogP contribution is -2.32. The number of carboxylic acid groups (broad SMARTS) is 1. The number of aliphatic hydroxyl groups is 1. The highest BCUT2D eigenvalue weighted by Gasteiger charge is 2.22. The maximum Gasteiger partial charge on any atom is 0.332 e. The molecule has 94 valence electrons. The molecule has 2 unspecified atom stereocenters. The fourth-order valence-electron chi connectivity index (χ4n) is 1.39. The van der Waals surface area contributed by atoms with Crippen molar-refractivity contribution in [3.05, 3.63) is 30.3 Å². The molecule has 0 fully saturated rings. The molecule has 0 aliphatic rings. The Morgan fingerprint density at radius 2 is 2.00 bits per heavy atom. The van der Waals surface area contributed by atoms with E-state index in [0.29, 0.717) is 5.75 Å². The van der Waals surface area contributed by atoms with E-state index in [9.17, 15) is 4.79 Å². The van der Waals surface area contributed by atoms with Crippen LogP contribution in [0.5, 0.6) is 5.75 Å². The fraction of sp³-hybridized carbons (Fsp3) is 0.417. The number of para-hydroxylation sites is 1. The fourth-order valence-corrected chi connectivity index (χ4v) is 1.39. The molecular formula is C12H16O5. The van der Waals surface area contributed by atoms with E-state index in [4.69, 9.17) is 19.7 Å².